The van der Waals surface area contributed by atoms with Crippen molar-refractivity contribution in [1.82, 2.24) is 0 Å². The number of carbonyl (C=O) groups is 3. The van der Waals surface area contributed by atoms with Crippen molar-refractivity contribution in [3.63, 3.8) is 0 Å². The van der Waals surface area contributed by atoms with Gasteiger partial charge in [-0.15, -0.1) is 0 Å². The molecule has 0 amide bonds. The van der Waals surface area contributed by atoms with Gasteiger partial charge in [0, 0.05) is 19.3 Å². The van der Waals surface area contributed by atoms with Crippen LogP contribution in [0.5, 0.6) is 0 Å². The van der Waals surface area contributed by atoms with Crippen LogP contribution in [0.15, 0.2) is 0 Å². The lowest BCUT2D eigenvalue weighted by atomic mass is 10.0. The normalized spacial score (nSPS) is 12.0. The Morgan fingerprint density at radius 1 is 0.288 bits per heavy atom. The summed E-state index contributed by atoms with van der Waals surface area (Å²) in [7, 11) is 0. The molecule has 0 aliphatic carbocycles. The molecule has 0 radical (unpaired) electrons. The van der Waals surface area contributed by atoms with Gasteiger partial charge in [-0.2, -0.15) is 0 Å². The predicted octanol–water partition coefficient (Wildman–Crippen LogP) is 19.7. The summed E-state index contributed by atoms with van der Waals surface area (Å²) in [5, 5.41) is 0. The molecule has 0 bridgehead atoms. The second-order valence-electron chi connectivity index (χ2n) is 21.6. The monoisotopic (exact) mass is 933 g/mol. The topological polar surface area (TPSA) is 78.9 Å². The number of carbonyl (C=O) groups excluding carboxylic acids is 3. The van der Waals surface area contributed by atoms with Crippen molar-refractivity contribution in [2.75, 3.05) is 13.2 Å². The van der Waals surface area contributed by atoms with Gasteiger partial charge < -0.3 is 14.2 Å². The van der Waals surface area contributed by atoms with E-state index in [-0.39, 0.29) is 31.1 Å². The third kappa shape index (κ3) is 53.4. The van der Waals surface area contributed by atoms with Crippen LogP contribution in [0.4, 0.5) is 0 Å². The molecule has 0 heterocycles. The van der Waals surface area contributed by atoms with E-state index in [2.05, 4.69) is 34.6 Å². The van der Waals surface area contributed by atoms with Crippen molar-refractivity contribution in [2.24, 2.45) is 11.8 Å². The van der Waals surface area contributed by atoms with Gasteiger partial charge in [-0.1, -0.05) is 298 Å². The van der Waals surface area contributed by atoms with Crippen molar-refractivity contribution >= 4 is 17.9 Å². The quantitative estimate of drug-likeness (QED) is 0.0343. The van der Waals surface area contributed by atoms with Gasteiger partial charge in [0.2, 0.25) is 0 Å². The Morgan fingerprint density at radius 2 is 0.500 bits per heavy atom. The summed E-state index contributed by atoms with van der Waals surface area (Å²) < 4.78 is 16.9. The fraction of sp³-hybridized carbons (Fsp3) is 0.950. The number of esters is 3. The Labute approximate surface area is 412 Å². The lowest BCUT2D eigenvalue weighted by molar-refractivity contribution is -0.167. The molecule has 0 rings (SSSR count). The molecule has 0 spiro atoms. The zero-order valence-corrected chi connectivity index (χ0v) is 45.3. The minimum atomic E-state index is -0.763. The molecule has 0 aromatic rings. The van der Waals surface area contributed by atoms with E-state index in [1.807, 2.05) is 0 Å². The Balaban J connectivity index is 4.30. The van der Waals surface area contributed by atoms with E-state index in [1.54, 1.807) is 0 Å². The molecule has 0 aromatic carbocycles. The third-order valence-electron chi connectivity index (χ3n) is 13.7. The third-order valence-corrected chi connectivity index (χ3v) is 13.7. The van der Waals surface area contributed by atoms with Gasteiger partial charge in [0.1, 0.15) is 13.2 Å². The number of ether oxygens (including phenoxy) is 3. The summed E-state index contributed by atoms with van der Waals surface area (Å²) in [4.78, 5) is 38.2. The van der Waals surface area contributed by atoms with Crippen LogP contribution in [0.25, 0.3) is 0 Å². The smallest absolute Gasteiger partial charge is 0.306 e. The molecule has 0 N–H and O–H groups in total. The van der Waals surface area contributed by atoms with Crippen molar-refractivity contribution in [3.05, 3.63) is 0 Å². The van der Waals surface area contributed by atoms with E-state index in [0.29, 0.717) is 19.3 Å². The SMILES string of the molecule is CCCCCCCCCCCCCCCCCC(=O)O[C@H](COC(=O)CCCCCCCCCCCCCCCCC(C)C)COC(=O)CCCCCCCCCCCCCCCC(C)C. The minimum absolute atomic E-state index is 0.0624. The number of hydrogen-bond donors (Lipinski definition) is 0. The van der Waals surface area contributed by atoms with Gasteiger partial charge in [0.15, 0.2) is 6.10 Å². The number of hydrogen-bond acceptors (Lipinski definition) is 6. The molecule has 1 atom stereocenters. The zero-order valence-electron chi connectivity index (χ0n) is 45.3. The van der Waals surface area contributed by atoms with Crippen LogP contribution in [0.1, 0.15) is 336 Å². The maximum atomic E-state index is 12.9. The van der Waals surface area contributed by atoms with E-state index in [4.69, 9.17) is 14.2 Å². The highest BCUT2D eigenvalue weighted by atomic mass is 16.6. The summed E-state index contributed by atoms with van der Waals surface area (Å²) in [6, 6.07) is 0. The standard InChI is InChI=1S/C60H116O6/c1-6-7-8-9-10-11-12-13-14-21-27-32-37-42-47-52-60(63)66-57(54-65-59(62)51-46-41-36-31-26-22-17-19-24-29-34-39-44-49-56(4)5)53-64-58(61)50-45-40-35-30-25-20-16-15-18-23-28-33-38-43-48-55(2)3/h55-57H,6-54H2,1-5H3/t57-/m1/s1. The van der Waals surface area contributed by atoms with Crippen LogP contribution in [0.2, 0.25) is 0 Å². The van der Waals surface area contributed by atoms with Crippen molar-refractivity contribution in [1.29, 1.82) is 0 Å². The second kappa shape index (κ2) is 52.8. The van der Waals surface area contributed by atoms with E-state index >= 15 is 0 Å². The van der Waals surface area contributed by atoms with Crippen LogP contribution in [0, 0.1) is 11.8 Å². The van der Waals surface area contributed by atoms with Gasteiger partial charge in [-0.3, -0.25) is 14.4 Å². The molecule has 0 fully saturated rings. The summed E-state index contributed by atoms with van der Waals surface area (Å²) >= 11 is 0. The Kier molecular flexibility index (Phi) is 51.5. The van der Waals surface area contributed by atoms with Crippen molar-refractivity contribution in [3.8, 4) is 0 Å². The number of unbranched alkanes of at least 4 members (excludes halogenated alkanes) is 39. The molecular weight excluding hydrogens is 817 g/mol. The lowest BCUT2D eigenvalue weighted by Gasteiger charge is -2.18. The Hall–Kier alpha value is -1.59. The molecule has 6 heteroatoms. The number of rotatable bonds is 54. The Bertz CT molecular complexity index is 1010. The highest BCUT2D eigenvalue weighted by molar-refractivity contribution is 5.71. The first-order valence-corrected chi connectivity index (χ1v) is 29.7. The first-order valence-electron chi connectivity index (χ1n) is 29.7. The van der Waals surface area contributed by atoms with Gasteiger partial charge >= 0.3 is 17.9 Å². The Morgan fingerprint density at radius 3 is 0.742 bits per heavy atom. The second-order valence-corrected chi connectivity index (χ2v) is 21.6. The molecular formula is C60H116O6. The summed E-state index contributed by atoms with van der Waals surface area (Å²) in [6.45, 7) is 11.4. The van der Waals surface area contributed by atoms with Crippen LogP contribution in [-0.2, 0) is 28.6 Å². The fourth-order valence-corrected chi connectivity index (χ4v) is 9.23. The minimum Gasteiger partial charge on any atom is -0.462 e. The summed E-state index contributed by atoms with van der Waals surface area (Å²) in [6.07, 6.45) is 56.6. The molecule has 392 valence electrons. The maximum absolute atomic E-state index is 12.9. The average Bonchev–Trinajstić information content (AvgIpc) is 3.29. The lowest BCUT2D eigenvalue weighted by Crippen LogP contribution is -2.30. The predicted molar refractivity (Wildman–Crippen MR) is 284 cm³/mol. The molecule has 0 aliphatic heterocycles. The summed E-state index contributed by atoms with van der Waals surface area (Å²) in [5.74, 6) is 0.848. The van der Waals surface area contributed by atoms with E-state index in [1.165, 1.54) is 225 Å². The van der Waals surface area contributed by atoms with E-state index < -0.39 is 6.10 Å². The molecule has 0 saturated heterocycles. The molecule has 6 nitrogen and oxygen atoms in total. The fourth-order valence-electron chi connectivity index (χ4n) is 9.23. The van der Waals surface area contributed by atoms with E-state index in [0.717, 1.165) is 69.6 Å². The van der Waals surface area contributed by atoms with Gasteiger partial charge in [0.05, 0.1) is 0 Å². The van der Waals surface area contributed by atoms with E-state index in [9.17, 15) is 14.4 Å². The van der Waals surface area contributed by atoms with Crippen molar-refractivity contribution in [2.45, 2.75) is 343 Å². The molecule has 66 heavy (non-hydrogen) atoms. The largest absolute Gasteiger partial charge is 0.462 e. The molecule has 0 saturated carbocycles. The first kappa shape index (κ1) is 64.4. The zero-order chi connectivity index (χ0) is 48.2. The van der Waals surface area contributed by atoms with Gasteiger partial charge in [0.25, 0.3) is 0 Å². The van der Waals surface area contributed by atoms with Gasteiger partial charge in [-0.05, 0) is 31.1 Å². The maximum Gasteiger partial charge on any atom is 0.306 e. The average molecular weight is 934 g/mol. The molecule has 0 unspecified atom stereocenters. The van der Waals surface area contributed by atoms with Gasteiger partial charge in [-0.25, -0.2) is 0 Å². The first-order chi connectivity index (χ1) is 32.2. The van der Waals surface area contributed by atoms with Crippen molar-refractivity contribution < 1.29 is 28.6 Å². The molecule has 0 aliphatic rings. The van der Waals surface area contributed by atoms with Crippen LogP contribution in [0.3, 0.4) is 0 Å². The van der Waals surface area contributed by atoms with Crippen LogP contribution >= 0.6 is 0 Å². The highest BCUT2D eigenvalue weighted by Gasteiger charge is 2.19. The van der Waals surface area contributed by atoms with Crippen LogP contribution < -0.4 is 0 Å². The highest BCUT2D eigenvalue weighted by Crippen LogP contribution is 2.18. The summed E-state index contributed by atoms with van der Waals surface area (Å²) in [5.41, 5.74) is 0. The van der Waals surface area contributed by atoms with Crippen LogP contribution in [-0.4, -0.2) is 37.2 Å². The molecule has 0 aromatic heterocycles.